The Balaban J connectivity index is 1.33. The molecule has 1 unspecified atom stereocenters. The van der Waals surface area contributed by atoms with Gasteiger partial charge >= 0.3 is 0 Å². The Kier molecular flexibility index (Phi) is 5.45. The predicted octanol–water partition coefficient (Wildman–Crippen LogP) is 3.38. The first kappa shape index (κ1) is 18.7. The molecular formula is C21H23N3O3S. The fourth-order valence-electron chi connectivity index (χ4n) is 3.22. The van der Waals surface area contributed by atoms with E-state index in [2.05, 4.69) is 16.4 Å². The van der Waals surface area contributed by atoms with Crippen molar-refractivity contribution in [2.75, 3.05) is 26.8 Å². The zero-order valence-corrected chi connectivity index (χ0v) is 16.8. The summed E-state index contributed by atoms with van der Waals surface area (Å²) in [4.78, 5) is 19.1. The van der Waals surface area contributed by atoms with Gasteiger partial charge in [0, 0.05) is 0 Å². The van der Waals surface area contributed by atoms with Gasteiger partial charge in [-0.2, -0.15) is 0 Å². The van der Waals surface area contributed by atoms with Crippen LogP contribution in [-0.2, 0) is 11.3 Å². The molecule has 1 aliphatic rings. The summed E-state index contributed by atoms with van der Waals surface area (Å²) in [5.74, 6) is 1.47. The van der Waals surface area contributed by atoms with E-state index in [9.17, 15) is 4.79 Å². The minimum Gasteiger partial charge on any atom is -0.486 e. The van der Waals surface area contributed by atoms with Gasteiger partial charge in [-0.1, -0.05) is 18.2 Å². The van der Waals surface area contributed by atoms with Gasteiger partial charge in [0.2, 0.25) is 5.91 Å². The van der Waals surface area contributed by atoms with Crippen LogP contribution in [0.4, 0.5) is 0 Å². The summed E-state index contributed by atoms with van der Waals surface area (Å²) in [6, 6.07) is 13.8. The van der Waals surface area contributed by atoms with Crippen molar-refractivity contribution in [2.24, 2.45) is 0 Å². The second kappa shape index (κ2) is 8.16. The zero-order chi connectivity index (χ0) is 19.5. The molecule has 6 nitrogen and oxygen atoms in total. The Labute approximate surface area is 168 Å². The van der Waals surface area contributed by atoms with E-state index in [1.165, 1.54) is 4.70 Å². The van der Waals surface area contributed by atoms with Crippen LogP contribution < -0.4 is 14.8 Å². The molecule has 0 radical (unpaired) electrons. The van der Waals surface area contributed by atoms with Crippen molar-refractivity contribution in [1.82, 2.24) is 15.2 Å². The number of hydrogen-bond acceptors (Lipinski definition) is 6. The molecule has 0 saturated heterocycles. The molecule has 146 valence electrons. The summed E-state index contributed by atoms with van der Waals surface area (Å²) < 4.78 is 12.3. The number of fused-ring (bicyclic) bond motifs is 2. The number of amides is 1. The molecule has 0 fully saturated rings. The lowest BCUT2D eigenvalue weighted by molar-refractivity contribution is -0.122. The molecule has 2 aromatic carbocycles. The Bertz CT molecular complexity index is 955. The van der Waals surface area contributed by atoms with Gasteiger partial charge in [-0.15, -0.1) is 11.3 Å². The third-order valence-electron chi connectivity index (χ3n) is 4.60. The Morgan fingerprint density at radius 1 is 1.21 bits per heavy atom. The third kappa shape index (κ3) is 4.26. The van der Waals surface area contributed by atoms with Crippen LogP contribution >= 0.6 is 11.3 Å². The average Bonchev–Trinajstić information content (AvgIpc) is 3.09. The quantitative estimate of drug-likeness (QED) is 0.691. The summed E-state index contributed by atoms with van der Waals surface area (Å²) in [7, 11) is 1.93. The number of aromatic nitrogens is 1. The highest BCUT2D eigenvalue weighted by molar-refractivity contribution is 7.18. The van der Waals surface area contributed by atoms with Gasteiger partial charge in [-0.25, -0.2) is 4.98 Å². The molecular weight excluding hydrogens is 374 g/mol. The van der Waals surface area contributed by atoms with E-state index in [0.717, 1.165) is 27.6 Å². The lowest BCUT2D eigenvalue weighted by Gasteiger charge is -2.22. The summed E-state index contributed by atoms with van der Waals surface area (Å²) in [6.07, 6.45) is 0. The molecule has 1 aliphatic heterocycles. The van der Waals surface area contributed by atoms with E-state index >= 15 is 0 Å². The number of ether oxygens (including phenoxy) is 2. The molecule has 4 rings (SSSR count). The van der Waals surface area contributed by atoms with E-state index in [1.54, 1.807) is 11.3 Å². The molecule has 0 bridgehead atoms. The van der Waals surface area contributed by atoms with E-state index in [4.69, 9.17) is 9.47 Å². The van der Waals surface area contributed by atoms with Crippen LogP contribution in [0.15, 0.2) is 42.5 Å². The highest BCUT2D eigenvalue weighted by Crippen LogP contribution is 2.32. The van der Waals surface area contributed by atoms with Crippen molar-refractivity contribution in [3.05, 3.63) is 53.0 Å². The number of hydrogen-bond donors (Lipinski definition) is 1. The van der Waals surface area contributed by atoms with Crippen molar-refractivity contribution in [1.29, 1.82) is 0 Å². The SMILES string of the molecule is CC(NC(=O)CN(C)Cc1nc2ccccc2s1)c1ccc2c(c1)OCCO2. The molecule has 1 N–H and O–H groups in total. The fraction of sp³-hybridized carbons (Fsp3) is 0.333. The van der Waals surface area contributed by atoms with Crippen LogP contribution in [-0.4, -0.2) is 42.6 Å². The van der Waals surface area contributed by atoms with Crippen molar-refractivity contribution >= 4 is 27.5 Å². The lowest BCUT2D eigenvalue weighted by Crippen LogP contribution is -2.36. The van der Waals surface area contributed by atoms with Gasteiger partial charge in [-0.05, 0) is 43.8 Å². The number of carbonyl (C=O) groups excluding carboxylic acids is 1. The number of likely N-dealkylation sites (N-methyl/N-ethyl adjacent to an activating group) is 1. The van der Waals surface area contributed by atoms with E-state index in [-0.39, 0.29) is 11.9 Å². The summed E-state index contributed by atoms with van der Waals surface area (Å²) in [6.45, 7) is 4.04. The number of rotatable bonds is 6. The number of nitrogens with zero attached hydrogens (tertiary/aromatic N) is 2. The van der Waals surface area contributed by atoms with Crippen molar-refractivity contribution < 1.29 is 14.3 Å². The third-order valence-corrected chi connectivity index (χ3v) is 5.62. The Hall–Kier alpha value is -2.64. The maximum absolute atomic E-state index is 12.5. The number of benzene rings is 2. The molecule has 7 heteroatoms. The average molecular weight is 398 g/mol. The minimum atomic E-state index is -0.112. The molecule has 2 heterocycles. The van der Waals surface area contributed by atoms with Gasteiger partial charge in [0.05, 0.1) is 29.3 Å². The molecule has 1 amide bonds. The van der Waals surface area contributed by atoms with Gasteiger partial charge in [0.1, 0.15) is 18.2 Å². The predicted molar refractivity (Wildman–Crippen MR) is 110 cm³/mol. The van der Waals surface area contributed by atoms with Gasteiger partial charge in [0.15, 0.2) is 11.5 Å². The summed E-state index contributed by atoms with van der Waals surface area (Å²) in [5.41, 5.74) is 2.00. The first-order chi connectivity index (χ1) is 13.6. The summed E-state index contributed by atoms with van der Waals surface area (Å²) >= 11 is 1.67. The van der Waals surface area contributed by atoms with E-state index in [1.807, 2.05) is 55.3 Å². The first-order valence-electron chi connectivity index (χ1n) is 9.30. The van der Waals surface area contributed by atoms with Crippen molar-refractivity contribution in [3.63, 3.8) is 0 Å². The number of nitrogens with one attached hydrogen (secondary N) is 1. The molecule has 0 aliphatic carbocycles. The number of para-hydroxylation sites is 1. The van der Waals surface area contributed by atoms with Gasteiger partial charge in [-0.3, -0.25) is 9.69 Å². The molecule has 0 saturated carbocycles. The molecule has 0 spiro atoms. The van der Waals surface area contributed by atoms with Crippen LogP contribution in [0.25, 0.3) is 10.2 Å². The Morgan fingerprint density at radius 2 is 2.00 bits per heavy atom. The highest BCUT2D eigenvalue weighted by atomic mass is 32.1. The Morgan fingerprint density at radius 3 is 2.82 bits per heavy atom. The van der Waals surface area contributed by atoms with E-state index < -0.39 is 0 Å². The van der Waals surface area contributed by atoms with Crippen LogP contribution in [0.2, 0.25) is 0 Å². The minimum absolute atomic E-state index is 0.0222. The van der Waals surface area contributed by atoms with E-state index in [0.29, 0.717) is 26.3 Å². The van der Waals surface area contributed by atoms with Crippen LogP contribution in [0.3, 0.4) is 0 Å². The molecule has 28 heavy (non-hydrogen) atoms. The largest absolute Gasteiger partial charge is 0.486 e. The fourth-order valence-corrected chi connectivity index (χ4v) is 4.27. The lowest BCUT2D eigenvalue weighted by atomic mass is 10.1. The molecule has 1 atom stereocenters. The topological polar surface area (TPSA) is 63.7 Å². The van der Waals surface area contributed by atoms with Crippen LogP contribution in [0, 0.1) is 0 Å². The van der Waals surface area contributed by atoms with Gasteiger partial charge in [0.25, 0.3) is 0 Å². The summed E-state index contributed by atoms with van der Waals surface area (Å²) in [5, 5.41) is 4.06. The maximum Gasteiger partial charge on any atom is 0.234 e. The normalized spacial score (nSPS) is 14.2. The second-order valence-corrected chi connectivity index (χ2v) is 8.06. The monoisotopic (exact) mass is 397 g/mol. The smallest absolute Gasteiger partial charge is 0.234 e. The highest BCUT2D eigenvalue weighted by Gasteiger charge is 2.17. The standard InChI is InChI=1S/C21H23N3O3S/c1-14(15-7-8-17-18(11-15)27-10-9-26-17)22-20(25)12-24(2)13-21-23-16-5-3-4-6-19(16)28-21/h3-8,11,14H,9-10,12-13H2,1-2H3,(H,22,25). The number of carbonyl (C=O) groups is 1. The van der Waals surface area contributed by atoms with Crippen LogP contribution in [0.1, 0.15) is 23.5 Å². The van der Waals surface area contributed by atoms with Crippen molar-refractivity contribution in [2.45, 2.75) is 19.5 Å². The van der Waals surface area contributed by atoms with Crippen LogP contribution in [0.5, 0.6) is 11.5 Å². The second-order valence-electron chi connectivity index (χ2n) is 6.94. The zero-order valence-electron chi connectivity index (χ0n) is 16.0. The molecule has 1 aromatic heterocycles. The van der Waals surface area contributed by atoms with Gasteiger partial charge < -0.3 is 14.8 Å². The van der Waals surface area contributed by atoms with Crippen molar-refractivity contribution in [3.8, 4) is 11.5 Å². The number of thiazole rings is 1. The maximum atomic E-state index is 12.5. The first-order valence-corrected chi connectivity index (χ1v) is 10.1. The molecule has 3 aromatic rings.